The number of esters is 1. The highest BCUT2D eigenvalue weighted by atomic mass is 16.5. The third-order valence-electron chi connectivity index (χ3n) is 4.06. The molecule has 1 amide bonds. The molecule has 0 radical (unpaired) electrons. The fourth-order valence-electron chi connectivity index (χ4n) is 2.18. The zero-order chi connectivity index (χ0) is 16.0. The van der Waals surface area contributed by atoms with Crippen LogP contribution in [-0.2, 0) is 19.1 Å². The van der Waals surface area contributed by atoms with Gasteiger partial charge in [0.05, 0.1) is 32.3 Å². The summed E-state index contributed by atoms with van der Waals surface area (Å²) in [7, 11) is 1.37. The Kier molecular flexibility index (Phi) is 6.61. The largest absolute Gasteiger partial charge is 0.469 e. The molecule has 122 valence electrons. The molecule has 0 aromatic carbocycles. The van der Waals surface area contributed by atoms with Crippen molar-refractivity contribution in [2.75, 3.05) is 26.8 Å². The minimum atomic E-state index is -0.286. The van der Waals surface area contributed by atoms with E-state index >= 15 is 0 Å². The maximum absolute atomic E-state index is 12.3. The second-order valence-electron chi connectivity index (χ2n) is 6.17. The summed E-state index contributed by atoms with van der Waals surface area (Å²) in [4.78, 5) is 25.7. The monoisotopic (exact) mass is 300 g/mol. The molecule has 0 spiro atoms. The smallest absolute Gasteiger partial charge is 0.308 e. The number of nitrogens with one attached hydrogen (secondary N) is 1. The van der Waals surface area contributed by atoms with Crippen molar-refractivity contribution in [3.8, 4) is 0 Å². The van der Waals surface area contributed by atoms with Gasteiger partial charge < -0.3 is 14.8 Å². The molecular formula is C15H28N2O4. The minimum absolute atomic E-state index is 0.0144. The molecule has 2 unspecified atom stereocenters. The zero-order valence-corrected chi connectivity index (χ0v) is 13.8. The minimum Gasteiger partial charge on any atom is -0.469 e. The Balaban J connectivity index is 2.55. The lowest BCUT2D eigenvalue weighted by atomic mass is 10.0. The van der Waals surface area contributed by atoms with Crippen LogP contribution in [0, 0.1) is 0 Å². The molecule has 6 heteroatoms. The summed E-state index contributed by atoms with van der Waals surface area (Å²) in [5.74, 6) is -0.272. The van der Waals surface area contributed by atoms with Gasteiger partial charge in [0.2, 0.25) is 5.91 Å². The number of morpholine rings is 1. The van der Waals surface area contributed by atoms with Crippen LogP contribution in [0.2, 0.25) is 0 Å². The molecule has 0 aliphatic carbocycles. The standard InChI is InChI=1S/C15H28N2O4/c1-6-15(3,4)16-14(19)11(2)17-7-8-21-12(10-17)9-13(18)20-5/h11-12H,6-10H2,1-5H3,(H,16,19). The first-order valence-corrected chi connectivity index (χ1v) is 7.53. The molecule has 0 aromatic heterocycles. The maximum atomic E-state index is 12.3. The lowest BCUT2D eigenvalue weighted by Gasteiger charge is -2.37. The molecule has 1 N–H and O–H groups in total. The quantitative estimate of drug-likeness (QED) is 0.740. The maximum Gasteiger partial charge on any atom is 0.308 e. The van der Waals surface area contributed by atoms with Crippen LogP contribution in [0.15, 0.2) is 0 Å². The van der Waals surface area contributed by atoms with Crippen molar-refractivity contribution in [3.63, 3.8) is 0 Å². The first kappa shape index (κ1) is 17.9. The number of hydrogen-bond acceptors (Lipinski definition) is 5. The lowest BCUT2D eigenvalue weighted by molar-refractivity contribution is -0.146. The zero-order valence-electron chi connectivity index (χ0n) is 13.8. The Labute approximate surface area is 127 Å². The lowest BCUT2D eigenvalue weighted by Crippen LogP contribution is -2.55. The summed E-state index contributed by atoms with van der Waals surface area (Å²) in [5.41, 5.74) is -0.205. The Hall–Kier alpha value is -1.14. The van der Waals surface area contributed by atoms with Gasteiger partial charge in [-0.15, -0.1) is 0 Å². The topological polar surface area (TPSA) is 67.9 Å². The second kappa shape index (κ2) is 7.75. The van der Waals surface area contributed by atoms with E-state index in [2.05, 4.69) is 15.0 Å². The van der Waals surface area contributed by atoms with Crippen LogP contribution in [0.3, 0.4) is 0 Å². The molecule has 2 atom stereocenters. The molecule has 1 aliphatic heterocycles. The van der Waals surface area contributed by atoms with Gasteiger partial charge in [-0.25, -0.2) is 0 Å². The summed E-state index contributed by atoms with van der Waals surface area (Å²) in [6.45, 7) is 9.74. The van der Waals surface area contributed by atoms with Crippen LogP contribution in [0.4, 0.5) is 0 Å². The third-order valence-corrected chi connectivity index (χ3v) is 4.06. The van der Waals surface area contributed by atoms with E-state index in [0.29, 0.717) is 19.7 Å². The average molecular weight is 300 g/mol. The first-order chi connectivity index (χ1) is 9.79. The van der Waals surface area contributed by atoms with Crippen LogP contribution < -0.4 is 5.32 Å². The predicted octanol–water partition coefficient (Wildman–Crippen LogP) is 0.944. The number of carbonyl (C=O) groups is 2. The summed E-state index contributed by atoms with van der Waals surface area (Å²) in [5, 5.41) is 3.06. The van der Waals surface area contributed by atoms with Crippen LogP contribution in [0.5, 0.6) is 0 Å². The Morgan fingerprint density at radius 3 is 2.71 bits per heavy atom. The molecule has 1 saturated heterocycles. The van der Waals surface area contributed by atoms with E-state index in [4.69, 9.17) is 4.74 Å². The Morgan fingerprint density at radius 1 is 1.48 bits per heavy atom. The van der Waals surface area contributed by atoms with Gasteiger partial charge in [-0.2, -0.15) is 0 Å². The van der Waals surface area contributed by atoms with Gasteiger partial charge >= 0.3 is 5.97 Å². The normalized spacial score (nSPS) is 21.7. The van der Waals surface area contributed by atoms with E-state index in [-0.39, 0.29) is 36.0 Å². The highest BCUT2D eigenvalue weighted by molar-refractivity contribution is 5.82. The number of ether oxygens (including phenoxy) is 2. The molecule has 1 rings (SSSR count). The second-order valence-corrected chi connectivity index (χ2v) is 6.17. The SMILES string of the molecule is CCC(C)(C)NC(=O)C(C)N1CCOC(CC(=O)OC)C1. The molecule has 0 bridgehead atoms. The van der Waals surface area contributed by atoms with E-state index in [1.807, 2.05) is 27.7 Å². The van der Waals surface area contributed by atoms with Crippen LogP contribution in [-0.4, -0.2) is 61.3 Å². The number of nitrogens with zero attached hydrogens (tertiary/aromatic N) is 1. The fourth-order valence-corrected chi connectivity index (χ4v) is 2.18. The van der Waals surface area contributed by atoms with Gasteiger partial charge in [-0.05, 0) is 27.2 Å². The average Bonchev–Trinajstić information content (AvgIpc) is 2.46. The molecule has 0 saturated carbocycles. The van der Waals surface area contributed by atoms with Crippen LogP contribution >= 0.6 is 0 Å². The summed E-state index contributed by atoms with van der Waals surface area (Å²) >= 11 is 0. The molecule has 6 nitrogen and oxygen atoms in total. The van der Waals surface area contributed by atoms with E-state index in [1.165, 1.54) is 7.11 Å². The number of hydrogen-bond donors (Lipinski definition) is 1. The van der Waals surface area contributed by atoms with Crippen molar-refractivity contribution in [1.29, 1.82) is 0 Å². The van der Waals surface area contributed by atoms with Gasteiger partial charge in [0, 0.05) is 18.6 Å². The summed E-state index contributed by atoms with van der Waals surface area (Å²) < 4.78 is 10.2. The van der Waals surface area contributed by atoms with Crippen molar-refractivity contribution >= 4 is 11.9 Å². The van der Waals surface area contributed by atoms with Crippen LogP contribution in [0.1, 0.15) is 40.5 Å². The number of methoxy groups -OCH3 is 1. The van der Waals surface area contributed by atoms with Gasteiger partial charge in [0.25, 0.3) is 0 Å². The number of carbonyl (C=O) groups excluding carboxylic acids is 2. The summed E-state index contributed by atoms with van der Waals surface area (Å²) in [6, 6.07) is -0.236. The predicted molar refractivity (Wildman–Crippen MR) is 79.9 cm³/mol. The Morgan fingerprint density at radius 2 is 2.14 bits per heavy atom. The van der Waals surface area contributed by atoms with E-state index < -0.39 is 0 Å². The molecule has 1 fully saturated rings. The molecule has 1 aliphatic rings. The number of rotatable bonds is 6. The van der Waals surface area contributed by atoms with Gasteiger partial charge in [-0.3, -0.25) is 14.5 Å². The van der Waals surface area contributed by atoms with Crippen LogP contribution in [0.25, 0.3) is 0 Å². The Bertz CT molecular complexity index is 371. The molecule has 0 aromatic rings. The van der Waals surface area contributed by atoms with Gasteiger partial charge in [-0.1, -0.05) is 6.92 Å². The van der Waals surface area contributed by atoms with E-state index in [9.17, 15) is 9.59 Å². The van der Waals surface area contributed by atoms with Gasteiger partial charge in [0.1, 0.15) is 0 Å². The van der Waals surface area contributed by atoms with Crippen molar-refractivity contribution in [2.45, 2.75) is 58.2 Å². The highest BCUT2D eigenvalue weighted by Gasteiger charge is 2.31. The van der Waals surface area contributed by atoms with E-state index in [0.717, 1.165) is 6.42 Å². The molecule has 1 heterocycles. The molecule has 21 heavy (non-hydrogen) atoms. The van der Waals surface area contributed by atoms with Crippen molar-refractivity contribution in [3.05, 3.63) is 0 Å². The van der Waals surface area contributed by atoms with E-state index in [1.54, 1.807) is 0 Å². The fraction of sp³-hybridized carbons (Fsp3) is 0.867. The van der Waals surface area contributed by atoms with Crippen molar-refractivity contribution < 1.29 is 19.1 Å². The van der Waals surface area contributed by atoms with Crippen molar-refractivity contribution in [1.82, 2.24) is 10.2 Å². The molecular weight excluding hydrogens is 272 g/mol. The summed E-state index contributed by atoms with van der Waals surface area (Å²) in [6.07, 6.45) is 0.891. The van der Waals surface area contributed by atoms with Crippen molar-refractivity contribution in [2.24, 2.45) is 0 Å². The van der Waals surface area contributed by atoms with Gasteiger partial charge in [0.15, 0.2) is 0 Å². The third kappa shape index (κ3) is 5.63. The highest BCUT2D eigenvalue weighted by Crippen LogP contribution is 2.14. The number of amides is 1. The first-order valence-electron chi connectivity index (χ1n) is 7.53.